The second-order valence-electron chi connectivity index (χ2n) is 6.90. The van der Waals surface area contributed by atoms with Crippen LogP contribution in [0, 0.1) is 10.1 Å². The Morgan fingerprint density at radius 2 is 1.75 bits per heavy atom. The summed E-state index contributed by atoms with van der Waals surface area (Å²) in [6.07, 6.45) is 3.02. The second-order valence-corrected chi connectivity index (χ2v) is 8.80. The number of nitro benzene ring substituents is 1. The first-order chi connectivity index (χ1) is 15.3. The van der Waals surface area contributed by atoms with Crippen LogP contribution in [0.25, 0.3) is 6.08 Å². The van der Waals surface area contributed by atoms with Crippen LogP contribution in [0.2, 0.25) is 0 Å². The van der Waals surface area contributed by atoms with Gasteiger partial charge in [0.05, 0.1) is 19.1 Å². The number of hydrogen-bond donors (Lipinski definition) is 0. The molecule has 0 radical (unpaired) electrons. The largest absolute Gasteiger partial charge is 0.497 e. The number of nitrogens with zero attached hydrogens (tertiary/aromatic N) is 3. The van der Waals surface area contributed by atoms with Crippen LogP contribution >= 0.6 is 0 Å². The Balaban J connectivity index is 1.68. The number of rotatable bonds is 7. The molecule has 2 aromatic rings. The number of para-hydroxylation sites is 1. The monoisotopic (exact) mass is 461 g/mol. The van der Waals surface area contributed by atoms with Crippen molar-refractivity contribution in [3.05, 3.63) is 64.2 Å². The number of sulfonamides is 1. The number of benzene rings is 2. The van der Waals surface area contributed by atoms with E-state index in [4.69, 9.17) is 9.47 Å². The van der Waals surface area contributed by atoms with Gasteiger partial charge in [-0.2, -0.15) is 4.31 Å². The normalized spacial score (nSPS) is 15.0. The maximum atomic E-state index is 12.9. The SMILES string of the molecule is COc1ccc(/C=C/C(=O)N2CCN(S(=O)(=O)c3ccccc3[N+](=O)[O-])CC2)c(OC)c1. The number of ether oxygens (including phenoxy) is 2. The highest BCUT2D eigenvalue weighted by atomic mass is 32.2. The molecule has 11 heteroatoms. The molecule has 0 aromatic heterocycles. The molecule has 32 heavy (non-hydrogen) atoms. The Morgan fingerprint density at radius 3 is 2.38 bits per heavy atom. The molecule has 0 aliphatic carbocycles. The van der Waals surface area contributed by atoms with Crippen molar-refractivity contribution in [1.29, 1.82) is 0 Å². The molecule has 0 bridgehead atoms. The molecule has 3 rings (SSSR count). The van der Waals surface area contributed by atoms with Crippen LogP contribution in [0.3, 0.4) is 0 Å². The Morgan fingerprint density at radius 1 is 1.06 bits per heavy atom. The van der Waals surface area contributed by atoms with E-state index in [-0.39, 0.29) is 37.0 Å². The number of piperazine rings is 1. The minimum absolute atomic E-state index is 0.0415. The zero-order valence-corrected chi connectivity index (χ0v) is 18.4. The highest BCUT2D eigenvalue weighted by Crippen LogP contribution is 2.27. The first kappa shape index (κ1) is 23.2. The van der Waals surface area contributed by atoms with Crippen molar-refractivity contribution in [2.45, 2.75) is 4.90 Å². The average molecular weight is 461 g/mol. The molecule has 1 heterocycles. The number of methoxy groups -OCH3 is 2. The lowest BCUT2D eigenvalue weighted by Gasteiger charge is -2.33. The van der Waals surface area contributed by atoms with E-state index in [0.29, 0.717) is 17.1 Å². The van der Waals surface area contributed by atoms with Gasteiger partial charge in [-0.15, -0.1) is 0 Å². The Kier molecular flexibility index (Phi) is 7.11. The van der Waals surface area contributed by atoms with Crippen LogP contribution in [0.5, 0.6) is 11.5 Å². The lowest BCUT2D eigenvalue weighted by Crippen LogP contribution is -2.50. The molecule has 1 fully saturated rings. The molecule has 0 N–H and O–H groups in total. The predicted octanol–water partition coefficient (Wildman–Crippen LogP) is 2.16. The van der Waals surface area contributed by atoms with E-state index in [1.807, 2.05) is 0 Å². The Bertz CT molecular complexity index is 1140. The summed E-state index contributed by atoms with van der Waals surface area (Å²) in [6, 6.07) is 10.4. The van der Waals surface area contributed by atoms with Crippen LogP contribution < -0.4 is 9.47 Å². The highest BCUT2D eigenvalue weighted by molar-refractivity contribution is 7.89. The molecule has 1 saturated heterocycles. The first-order valence-corrected chi connectivity index (χ1v) is 11.1. The zero-order valence-electron chi connectivity index (χ0n) is 17.6. The number of carbonyl (C=O) groups excluding carboxylic acids is 1. The average Bonchev–Trinajstić information content (AvgIpc) is 2.82. The molecule has 2 aromatic carbocycles. The van der Waals surface area contributed by atoms with Gasteiger partial charge in [0.1, 0.15) is 11.5 Å². The molecule has 0 atom stereocenters. The molecule has 10 nitrogen and oxygen atoms in total. The van der Waals surface area contributed by atoms with E-state index in [9.17, 15) is 23.3 Å². The molecule has 0 unspecified atom stereocenters. The molecule has 0 spiro atoms. The fraction of sp³-hybridized carbons (Fsp3) is 0.286. The second kappa shape index (κ2) is 9.79. The van der Waals surface area contributed by atoms with E-state index < -0.39 is 20.6 Å². The van der Waals surface area contributed by atoms with Gasteiger partial charge in [-0.1, -0.05) is 12.1 Å². The van der Waals surface area contributed by atoms with Gasteiger partial charge in [-0.25, -0.2) is 8.42 Å². The predicted molar refractivity (Wildman–Crippen MR) is 117 cm³/mol. The summed E-state index contributed by atoms with van der Waals surface area (Å²) in [7, 11) is -0.987. The van der Waals surface area contributed by atoms with Crippen molar-refractivity contribution in [1.82, 2.24) is 9.21 Å². The van der Waals surface area contributed by atoms with Crippen LogP contribution in [-0.2, 0) is 14.8 Å². The third-order valence-corrected chi connectivity index (χ3v) is 7.02. The minimum Gasteiger partial charge on any atom is -0.497 e. The first-order valence-electron chi connectivity index (χ1n) is 9.70. The lowest BCUT2D eigenvalue weighted by molar-refractivity contribution is -0.387. The summed E-state index contributed by atoms with van der Waals surface area (Å²) in [5, 5.41) is 11.2. The van der Waals surface area contributed by atoms with Crippen LogP contribution in [-0.4, -0.2) is 68.9 Å². The number of hydrogen-bond acceptors (Lipinski definition) is 7. The summed E-state index contributed by atoms with van der Waals surface area (Å²) >= 11 is 0. The summed E-state index contributed by atoms with van der Waals surface area (Å²) in [5.74, 6) is 0.903. The molecule has 1 amide bonds. The number of amides is 1. The Hall–Kier alpha value is -3.44. The van der Waals surface area contributed by atoms with Crippen LogP contribution in [0.15, 0.2) is 53.4 Å². The van der Waals surface area contributed by atoms with Crippen molar-refractivity contribution in [2.75, 3.05) is 40.4 Å². The third kappa shape index (κ3) is 4.89. The number of nitro groups is 1. The fourth-order valence-corrected chi connectivity index (χ4v) is 4.92. The van der Waals surface area contributed by atoms with E-state index in [0.717, 1.165) is 10.4 Å². The molecule has 1 aliphatic heterocycles. The van der Waals surface area contributed by atoms with Crippen LogP contribution in [0.1, 0.15) is 5.56 Å². The van der Waals surface area contributed by atoms with E-state index in [1.165, 1.54) is 36.3 Å². The van der Waals surface area contributed by atoms with Crippen molar-refractivity contribution in [2.24, 2.45) is 0 Å². The van der Waals surface area contributed by atoms with Gasteiger partial charge in [0.15, 0.2) is 4.90 Å². The van der Waals surface area contributed by atoms with Crippen molar-refractivity contribution < 1.29 is 27.6 Å². The van der Waals surface area contributed by atoms with Gasteiger partial charge in [-0.05, 0) is 24.3 Å². The maximum absolute atomic E-state index is 12.9. The quantitative estimate of drug-likeness (QED) is 0.352. The van der Waals surface area contributed by atoms with Gasteiger partial charge >= 0.3 is 0 Å². The maximum Gasteiger partial charge on any atom is 0.289 e. The standard InChI is InChI=1S/C21H23N3O7S/c1-30-17-9-7-16(19(15-17)31-2)8-10-21(25)22-11-13-23(14-12-22)32(28,29)20-6-4-3-5-18(20)24(26)27/h3-10,15H,11-14H2,1-2H3/b10-8+. The third-order valence-electron chi connectivity index (χ3n) is 5.08. The minimum atomic E-state index is -4.05. The number of carbonyl (C=O) groups is 1. The summed E-state index contributed by atoms with van der Waals surface area (Å²) in [4.78, 5) is 24.2. The lowest BCUT2D eigenvalue weighted by atomic mass is 10.1. The van der Waals surface area contributed by atoms with E-state index in [2.05, 4.69) is 0 Å². The van der Waals surface area contributed by atoms with Gasteiger partial charge < -0.3 is 14.4 Å². The zero-order chi connectivity index (χ0) is 23.3. The van der Waals surface area contributed by atoms with Gasteiger partial charge in [-0.3, -0.25) is 14.9 Å². The molecular formula is C21H23N3O7S. The van der Waals surface area contributed by atoms with Crippen molar-refractivity contribution >= 4 is 27.7 Å². The highest BCUT2D eigenvalue weighted by Gasteiger charge is 2.34. The van der Waals surface area contributed by atoms with Gasteiger partial charge in [0.25, 0.3) is 5.69 Å². The smallest absolute Gasteiger partial charge is 0.289 e. The van der Waals surface area contributed by atoms with E-state index in [1.54, 1.807) is 31.4 Å². The van der Waals surface area contributed by atoms with E-state index >= 15 is 0 Å². The van der Waals surface area contributed by atoms with Crippen molar-refractivity contribution in [3.63, 3.8) is 0 Å². The topological polar surface area (TPSA) is 119 Å². The molecular weight excluding hydrogens is 438 g/mol. The van der Waals surface area contributed by atoms with Gasteiger partial charge in [0, 0.05) is 50.0 Å². The summed E-state index contributed by atoms with van der Waals surface area (Å²) < 4.78 is 37.4. The van der Waals surface area contributed by atoms with Crippen molar-refractivity contribution in [3.8, 4) is 11.5 Å². The Labute approximate surface area is 185 Å². The summed E-state index contributed by atoms with van der Waals surface area (Å²) in [6.45, 7) is 0.422. The fourth-order valence-electron chi connectivity index (χ4n) is 3.34. The van der Waals surface area contributed by atoms with Crippen LogP contribution in [0.4, 0.5) is 5.69 Å². The summed E-state index contributed by atoms with van der Waals surface area (Å²) in [5.41, 5.74) is 0.224. The molecule has 1 aliphatic rings. The molecule has 170 valence electrons. The molecule has 0 saturated carbocycles. The van der Waals surface area contributed by atoms with Gasteiger partial charge in [0.2, 0.25) is 15.9 Å².